The van der Waals surface area contributed by atoms with E-state index in [4.69, 9.17) is 10.00 Å². The number of hydrogen-bond donors (Lipinski definition) is 2. The normalized spacial score (nSPS) is 12.0. The maximum Gasteiger partial charge on any atom is 0.0991 e. The van der Waals surface area contributed by atoms with E-state index in [2.05, 4.69) is 18.3 Å². The lowest BCUT2D eigenvalue weighted by atomic mass is 10.1. The minimum absolute atomic E-state index is 0.372. The molecule has 0 aliphatic carbocycles. The first-order valence-electron chi connectivity index (χ1n) is 7.71. The Balaban J connectivity index is 2.07. The average molecular weight is 290 g/mol. The zero-order chi connectivity index (χ0) is 15.3. The fraction of sp³-hybridized carbons (Fsp3) is 0.588. The zero-order valence-electron chi connectivity index (χ0n) is 12.8. The van der Waals surface area contributed by atoms with E-state index >= 15 is 0 Å². The summed E-state index contributed by atoms with van der Waals surface area (Å²) in [6.45, 7) is 4.41. The molecule has 0 radical (unpaired) electrons. The molecule has 1 unspecified atom stereocenters. The van der Waals surface area contributed by atoms with Crippen LogP contribution in [0.4, 0.5) is 0 Å². The second-order valence-corrected chi connectivity index (χ2v) is 5.23. The molecule has 4 nitrogen and oxygen atoms in total. The van der Waals surface area contributed by atoms with Crippen LogP contribution in [0.15, 0.2) is 24.3 Å². The van der Waals surface area contributed by atoms with Gasteiger partial charge in [-0.05, 0) is 24.1 Å². The van der Waals surface area contributed by atoms with Crippen molar-refractivity contribution in [2.75, 3.05) is 19.8 Å². The van der Waals surface area contributed by atoms with Gasteiger partial charge in [0.05, 0.1) is 24.3 Å². The lowest BCUT2D eigenvalue weighted by Crippen LogP contribution is -2.30. The number of unbranched alkanes of at least 4 members (excludes halogenated alkanes) is 3. The van der Waals surface area contributed by atoms with Gasteiger partial charge in [-0.15, -0.1) is 0 Å². The van der Waals surface area contributed by atoms with Gasteiger partial charge in [-0.1, -0.05) is 38.3 Å². The highest BCUT2D eigenvalue weighted by Gasteiger charge is 2.04. The van der Waals surface area contributed by atoms with Crippen molar-refractivity contribution in [2.24, 2.45) is 0 Å². The Hall–Kier alpha value is -1.41. The number of aliphatic hydroxyl groups is 1. The third kappa shape index (κ3) is 8.46. The number of rotatable bonds is 11. The summed E-state index contributed by atoms with van der Waals surface area (Å²) in [6.07, 6.45) is 4.24. The van der Waals surface area contributed by atoms with Crippen molar-refractivity contribution in [1.82, 2.24) is 5.32 Å². The van der Waals surface area contributed by atoms with Gasteiger partial charge in [-0.25, -0.2) is 0 Å². The SMILES string of the molecule is CCCCCCOCC(O)CNCc1cccc(C#N)c1. The lowest BCUT2D eigenvalue weighted by molar-refractivity contribution is 0.0353. The number of ether oxygens (including phenoxy) is 1. The minimum Gasteiger partial charge on any atom is -0.389 e. The van der Waals surface area contributed by atoms with Crippen LogP contribution in [0, 0.1) is 11.3 Å². The number of nitrogens with one attached hydrogen (secondary N) is 1. The zero-order valence-corrected chi connectivity index (χ0v) is 12.8. The van der Waals surface area contributed by atoms with E-state index in [0.29, 0.717) is 25.3 Å². The molecule has 1 aromatic carbocycles. The quantitative estimate of drug-likeness (QED) is 0.615. The minimum atomic E-state index is -0.490. The summed E-state index contributed by atoms with van der Waals surface area (Å²) < 4.78 is 5.45. The summed E-state index contributed by atoms with van der Waals surface area (Å²) in [5, 5.41) is 21.8. The highest BCUT2D eigenvalue weighted by molar-refractivity contribution is 5.32. The van der Waals surface area contributed by atoms with E-state index in [9.17, 15) is 5.11 Å². The predicted octanol–water partition coefficient (Wildman–Crippen LogP) is 2.61. The Kier molecular flexibility index (Phi) is 9.47. The molecule has 1 rings (SSSR count). The van der Waals surface area contributed by atoms with Gasteiger partial charge in [0.2, 0.25) is 0 Å². The van der Waals surface area contributed by atoms with E-state index in [1.807, 2.05) is 18.2 Å². The second-order valence-electron chi connectivity index (χ2n) is 5.23. The molecule has 0 aromatic heterocycles. The topological polar surface area (TPSA) is 65.3 Å². The van der Waals surface area contributed by atoms with Crippen molar-refractivity contribution < 1.29 is 9.84 Å². The molecule has 0 saturated heterocycles. The van der Waals surface area contributed by atoms with E-state index < -0.39 is 6.10 Å². The van der Waals surface area contributed by atoms with E-state index in [1.165, 1.54) is 19.3 Å². The van der Waals surface area contributed by atoms with Crippen molar-refractivity contribution in [3.05, 3.63) is 35.4 Å². The number of nitriles is 1. The fourth-order valence-electron chi connectivity index (χ4n) is 2.04. The summed E-state index contributed by atoms with van der Waals surface area (Å²) in [6, 6.07) is 9.58. The van der Waals surface area contributed by atoms with Crippen LogP contribution in [0.25, 0.3) is 0 Å². The van der Waals surface area contributed by atoms with E-state index in [-0.39, 0.29) is 0 Å². The maximum absolute atomic E-state index is 9.79. The molecule has 2 N–H and O–H groups in total. The second kappa shape index (κ2) is 11.3. The summed E-state index contributed by atoms with van der Waals surface area (Å²) in [4.78, 5) is 0. The van der Waals surface area contributed by atoms with Crippen LogP contribution in [0.1, 0.15) is 43.7 Å². The highest BCUT2D eigenvalue weighted by atomic mass is 16.5. The van der Waals surface area contributed by atoms with Crippen LogP contribution < -0.4 is 5.32 Å². The van der Waals surface area contributed by atoms with Crippen LogP contribution in [0.3, 0.4) is 0 Å². The van der Waals surface area contributed by atoms with Crippen molar-refractivity contribution in [3.63, 3.8) is 0 Å². The third-order valence-electron chi connectivity index (χ3n) is 3.22. The van der Waals surface area contributed by atoms with Crippen molar-refractivity contribution >= 4 is 0 Å². The monoisotopic (exact) mass is 290 g/mol. The van der Waals surface area contributed by atoms with Gasteiger partial charge in [0.15, 0.2) is 0 Å². The fourth-order valence-corrected chi connectivity index (χ4v) is 2.04. The van der Waals surface area contributed by atoms with Gasteiger partial charge >= 0.3 is 0 Å². The third-order valence-corrected chi connectivity index (χ3v) is 3.22. The Morgan fingerprint density at radius 2 is 2.19 bits per heavy atom. The average Bonchev–Trinajstić information content (AvgIpc) is 2.51. The molecule has 0 spiro atoms. The first-order chi connectivity index (χ1) is 10.3. The van der Waals surface area contributed by atoms with Crippen LogP contribution >= 0.6 is 0 Å². The van der Waals surface area contributed by atoms with Crippen LogP contribution in [0.5, 0.6) is 0 Å². The molecule has 0 fully saturated rings. The molecule has 0 aliphatic heterocycles. The molecular weight excluding hydrogens is 264 g/mol. The standard InChI is InChI=1S/C17H26N2O2/c1-2-3-4-5-9-21-14-17(20)13-19-12-16-8-6-7-15(10-16)11-18/h6-8,10,17,19-20H,2-5,9,12-14H2,1H3. The highest BCUT2D eigenvalue weighted by Crippen LogP contribution is 2.03. The predicted molar refractivity (Wildman–Crippen MR) is 83.8 cm³/mol. The van der Waals surface area contributed by atoms with Crippen molar-refractivity contribution in [1.29, 1.82) is 5.26 Å². The van der Waals surface area contributed by atoms with E-state index in [1.54, 1.807) is 6.07 Å². The molecule has 0 bridgehead atoms. The number of aliphatic hydroxyl groups excluding tert-OH is 1. The molecular formula is C17H26N2O2. The summed E-state index contributed by atoms with van der Waals surface area (Å²) in [5.74, 6) is 0. The van der Waals surface area contributed by atoms with Crippen LogP contribution in [0.2, 0.25) is 0 Å². The molecule has 0 aliphatic rings. The van der Waals surface area contributed by atoms with Crippen LogP contribution in [-0.2, 0) is 11.3 Å². The van der Waals surface area contributed by atoms with Crippen molar-refractivity contribution in [3.8, 4) is 6.07 Å². The smallest absolute Gasteiger partial charge is 0.0991 e. The lowest BCUT2D eigenvalue weighted by Gasteiger charge is -2.12. The molecule has 21 heavy (non-hydrogen) atoms. The van der Waals surface area contributed by atoms with Gasteiger partial charge in [-0.3, -0.25) is 0 Å². The van der Waals surface area contributed by atoms with Gasteiger partial charge in [0.25, 0.3) is 0 Å². The largest absolute Gasteiger partial charge is 0.389 e. The summed E-state index contributed by atoms with van der Waals surface area (Å²) in [5.41, 5.74) is 1.70. The van der Waals surface area contributed by atoms with Crippen LogP contribution in [-0.4, -0.2) is 31.0 Å². The Morgan fingerprint density at radius 3 is 2.95 bits per heavy atom. The molecule has 4 heteroatoms. The molecule has 116 valence electrons. The molecule has 0 saturated carbocycles. The first kappa shape index (κ1) is 17.6. The Bertz CT molecular complexity index is 429. The Morgan fingerprint density at radius 1 is 1.33 bits per heavy atom. The van der Waals surface area contributed by atoms with Gasteiger partial charge < -0.3 is 15.2 Å². The Labute approximate surface area is 127 Å². The maximum atomic E-state index is 9.79. The van der Waals surface area contributed by atoms with E-state index in [0.717, 1.165) is 18.6 Å². The number of hydrogen-bond acceptors (Lipinski definition) is 4. The molecule has 1 aromatic rings. The summed E-state index contributed by atoms with van der Waals surface area (Å²) >= 11 is 0. The molecule has 0 heterocycles. The molecule has 1 atom stereocenters. The molecule has 0 amide bonds. The van der Waals surface area contributed by atoms with Gasteiger partial charge in [0, 0.05) is 19.7 Å². The van der Waals surface area contributed by atoms with Gasteiger partial charge in [-0.2, -0.15) is 5.26 Å². The van der Waals surface area contributed by atoms with Gasteiger partial charge in [0.1, 0.15) is 0 Å². The number of nitrogens with zero attached hydrogens (tertiary/aromatic N) is 1. The first-order valence-corrected chi connectivity index (χ1v) is 7.71. The number of benzene rings is 1. The summed E-state index contributed by atoms with van der Waals surface area (Å²) in [7, 11) is 0. The van der Waals surface area contributed by atoms with Crippen molar-refractivity contribution in [2.45, 2.75) is 45.3 Å².